The van der Waals surface area contributed by atoms with Gasteiger partial charge in [0.05, 0.1) is 16.3 Å². The summed E-state index contributed by atoms with van der Waals surface area (Å²) < 4.78 is 29.0. The van der Waals surface area contributed by atoms with E-state index in [9.17, 15) is 23.1 Å². The van der Waals surface area contributed by atoms with Crippen molar-refractivity contribution in [1.82, 2.24) is 0 Å². The first-order valence-electron chi connectivity index (χ1n) is 7.72. The van der Waals surface area contributed by atoms with Gasteiger partial charge >= 0.3 is 5.63 Å². The molecule has 26 heavy (non-hydrogen) atoms. The molecule has 2 N–H and O–H groups in total. The Hall–Kier alpha value is -3.13. The molecule has 0 aliphatic rings. The highest BCUT2D eigenvalue weighted by atomic mass is 32.2. The lowest BCUT2D eigenvalue weighted by molar-refractivity contribution is 0.102. The molecule has 3 rings (SSSR count). The molecule has 0 unspecified atom stereocenters. The van der Waals surface area contributed by atoms with E-state index in [1.54, 1.807) is 24.3 Å². The second kappa shape index (κ2) is 6.64. The molecule has 0 aliphatic heterocycles. The van der Waals surface area contributed by atoms with Crippen molar-refractivity contribution in [2.45, 2.75) is 11.8 Å². The van der Waals surface area contributed by atoms with E-state index in [1.165, 1.54) is 25.1 Å². The molecule has 1 heterocycles. The van der Waals surface area contributed by atoms with Crippen molar-refractivity contribution >= 4 is 32.4 Å². The number of phenolic OH excluding ortho intramolecular Hbond substituents is 1. The first-order valence-corrected chi connectivity index (χ1v) is 9.37. The van der Waals surface area contributed by atoms with Crippen molar-refractivity contribution in [2.24, 2.45) is 0 Å². The molecule has 0 fully saturated rings. The summed E-state index contributed by atoms with van der Waals surface area (Å²) >= 11 is 0. The number of nitrogens with one attached hydrogen (secondary N) is 1. The Kier molecular flexibility index (Phi) is 4.52. The fourth-order valence-electron chi connectivity index (χ4n) is 2.39. The first kappa shape index (κ1) is 17.7. The summed E-state index contributed by atoms with van der Waals surface area (Å²) in [6.45, 7) is 1.49. The number of rotatable bonds is 4. The van der Waals surface area contributed by atoms with Crippen LogP contribution < -0.4 is 10.9 Å². The number of carbonyl (C=O) groups is 1. The van der Waals surface area contributed by atoms with Gasteiger partial charge in [0.25, 0.3) is 5.91 Å². The number of hydrogen-bond acceptors (Lipinski definition) is 6. The van der Waals surface area contributed by atoms with Gasteiger partial charge in [0.15, 0.2) is 9.84 Å². The lowest BCUT2D eigenvalue weighted by Crippen LogP contribution is -2.21. The van der Waals surface area contributed by atoms with E-state index in [4.69, 9.17) is 4.42 Å². The van der Waals surface area contributed by atoms with E-state index in [1.807, 2.05) is 0 Å². The zero-order valence-electron chi connectivity index (χ0n) is 13.7. The molecule has 1 amide bonds. The number of benzene rings is 2. The molecule has 3 aromatic rings. The van der Waals surface area contributed by atoms with Crippen molar-refractivity contribution < 1.29 is 22.7 Å². The normalized spacial score (nSPS) is 11.4. The smallest absolute Gasteiger partial charge is 0.349 e. The number of anilines is 1. The number of para-hydroxylation sites is 1. The van der Waals surface area contributed by atoms with Gasteiger partial charge in [-0.25, -0.2) is 13.2 Å². The molecule has 0 saturated heterocycles. The lowest BCUT2D eigenvalue weighted by atomic mass is 10.1. The number of carbonyl (C=O) groups excluding carboxylic acids is 1. The third kappa shape index (κ3) is 3.31. The van der Waals surface area contributed by atoms with Gasteiger partial charge in [-0.05, 0) is 30.3 Å². The molecular weight excluding hydrogens is 358 g/mol. The molecule has 0 radical (unpaired) electrons. The van der Waals surface area contributed by atoms with E-state index < -0.39 is 21.4 Å². The van der Waals surface area contributed by atoms with Gasteiger partial charge in [-0.1, -0.05) is 25.1 Å². The standard InChI is InChI=1S/C18H15NO6S/c1-2-26(23,24)12-7-8-15(20)14(10-12)19-17(21)13-9-11-5-3-4-6-16(11)25-18(13)22/h3-10,20H,2H2,1H3,(H,19,21). The van der Waals surface area contributed by atoms with E-state index >= 15 is 0 Å². The van der Waals surface area contributed by atoms with Gasteiger partial charge in [-0.2, -0.15) is 0 Å². The van der Waals surface area contributed by atoms with Crippen LogP contribution in [-0.4, -0.2) is 25.2 Å². The van der Waals surface area contributed by atoms with Gasteiger partial charge in [0.1, 0.15) is 16.9 Å². The minimum atomic E-state index is -3.52. The number of hydrogen-bond donors (Lipinski definition) is 2. The van der Waals surface area contributed by atoms with Crippen LogP contribution in [0.25, 0.3) is 11.0 Å². The fourth-order valence-corrected chi connectivity index (χ4v) is 3.29. The molecule has 0 bridgehead atoms. The van der Waals surface area contributed by atoms with Crippen molar-refractivity contribution in [1.29, 1.82) is 0 Å². The summed E-state index contributed by atoms with van der Waals surface area (Å²) in [7, 11) is -3.52. The van der Waals surface area contributed by atoms with Crippen LogP contribution in [0.4, 0.5) is 5.69 Å². The SMILES string of the molecule is CCS(=O)(=O)c1ccc(O)c(NC(=O)c2cc3ccccc3oc2=O)c1. The fraction of sp³-hybridized carbons (Fsp3) is 0.111. The molecule has 0 spiro atoms. The van der Waals surface area contributed by atoms with Crippen LogP contribution in [0.3, 0.4) is 0 Å². The molecule has 2 aromatic carbocycles. The maximum Gasteiger partial charge on any atom is 0.349 e. The molecule has 0 saturated carbocycles. The maximum absolute atomic E-state index is 12.4. The summed E-state index contributed by atoms with van der Waals surface area (Å²) in [5.41, 5.74) is -0.866. The number of amides is 1. The van der Waals surface area contributed by atoms with E-state index in [0.29, 0.717) is 11.0 Å². The van der Waals surface area contributed by atoms with Crippen molar-refractivity contribution in [2.75, 3.05) is 11.1 Å². The van der Waals surface area contributed by atoms with Crippen molar-refractivity contribution in [3.63, 3.8) is 0 Å². The van der Waals surface area contributed by atoms with Crippen molar-refractivity contribution in [3.05, 3.63) is 64.5 Å². The summed E-state index contributed by atoms with van der Waals surface area (Å²) in [5, 5.41) is 12.8. The summed E-state index contributed by atoms with van der Waals surface area (Å²) in [6.07, 6.45) is 0. The predicted molar refractivity (Wildman–Crippen MR) is 96.3 cm³/mol. The Labute approximate surface area is 148 Å². The molecule has 1 aromatic heterocycles. The Morgan fingerprint density at radius 3 is 2.62 bits per heavy atom. The summed E-state index contributed by atoms with van der Waals surface area (Å²) in [4.78, 5) is 24.4. The van der Waals surface area contributed by atoms with Crippen LogP contribution >= 0.6 is 0 Å². The Balaban J connectivity index is 1.99. The third-order valence-corrected chi connectivity index (χ3v) is 5.57. The Morgan fingerprint density at radius 2 is 1.88 bits per heavy atom. The average Bonchev–Trinajstić information content (AvgIpc) is 2.62. The highest BCUT2D eigenvalue weighted by Crippen LogP contribution is 2.27. The largest absolute Gasteiger partial charge is 0.506 e. The van der Waals surface area contributed by atoms with Crippen molar-refractivity contribution in [3.8, 4) is 5.75 Å². The zero-order valence-corrected chi connectivity index (χ0v) is 14.5. The second-order valence-corrected chi connectivity index (χ2v) is 7.80. The quantitative estimate of drug-likeness (QED) is 0.537. The highest BCUT2D eigenvalue weighted by molar-refractivity contribution is 7.91. The number of phenols is 1. The minimum Gasteiger partial charge on any atom is -0.506 e. The van der Waals surface area contributed by atoms with Crippen LogP contribution in [0.5, 0.6) is 5.75 Å². The van der Waals surface area contributed by atoms with Crippen LogP contribution in [0.2, 0.25) is 0 Å². The monoisotopic (exact) mass is 373 g/mol. The zero-order chi connectivity index (χ0) is 18.9. The molecular formula is C18H15NO6S. The Bertz CT molecular complexity index is 1160. The molecule has 134 valence electrons. The van der Waals surface area contributed by atoms with Crippen LogP contribution in [-0.2, 0) is 9.84 Å². The van der Waals surface area contributed by atoms with E-state index in [-0.39, 0.29) is 27.6 Å². The molecule has 0 aliphatic carbocycles. The summed E-state index contributed by atoms with van der Waals surface area (Å²) in [6, 6.07) is 11.6. The van der Waals surface area contributed by atoms with E-state index in [2.05, 4.69) is 5.32 Å². The van der Waals surface area contributed by atoms with Gasteiger partial charge in [0.2, 0.25) is 0 Å². The second-order valence-electron chi connectivity index (χ2n) is 5.52. The van der Waals surface area contributed by atoms with E-state index in [0.717, 1.165) is 6.07 Å². The van der Waals surface area contributed by atoms with Crippen LogP contribution in [0, 0.1) is 0 Å². The molecule has 0 atom stereocenters. The topological polar surface area (TPSA) is 114 Å². The van der Waals surface area contributed by atoms with Gasteiger partial charge in [-0.3, -0.25) is 4.79 Å². The first-order chi connectivity index (χ1) is 12.3. The Morgan fingerprint density at radius 1 is 1.15 bits per heavy atom. The number of fused-ring (bicyclic) bond motifs is 1. The minimum absolute atomic E-state index is 0.0429. The van der Waals surface area contributed by atoms with Crippen LogP contribution in [0.1, 0.15) is 17.3 Å². The predicted octanol–water partition coefficient (Wildman–Crippen LogP) is 2.54. The molecule has 8 heteroatoms. The lowest BCUT2D eigenvalue weighted by Gasteiger charge is -2.09. The molecule has 7 nitrogen and oxygen atoms in total. The van der Waals surface area contributed by atoms with Gasteiger partial charge in [-0.15, -0.1) is 0 Å². The van der Waals surface area contributed by atoms with Gasteiger partial charge in [0, 0.05) is 5.39 Å². The number of sulfone groups is 1. The highest BCUT2D eigenvalue weighted by Gasteiger charge is 2.18. The van der Waals surface area contributed by atoms with Gasteiger partial charge < -0.3 is 14.8 Å². The maximum atomic E-state index is 12.4. The number of aromatic hydroxyl groups is 1. The average molecular weight is 373 g/mol. The third-order valence-electron chi connectivity index (χ3n) is 3.84. The summed E-state index contributed by atoms with van der Waals surface area (Å²) in [5.74, 6) is -1.26. The van der Waals surface area contributed by atoms with Crippen LogP contribution in [0.15, 0.2) is 62.6 Å².